The molecule has 1 fully saturated rings. The molecule has 1 aliphatic heterocycles. The van der Waals surface area contributed by atoms with Gasteiger partial charge in [-0.25, -0.2) is 4.98 Å². The van der Waals surface area contributed by atoms with Crippen molar-refractivity contribution in [3.8, 4) is 0 Å². The Morgan fingerprint density at radius 1 is 1.42 bits per heavy atom. The van der Waals surface area contributed by atoms with Crippen molar-refractivity contribution in [1.29, 1.82) is 0 Å². The van der Waals surface area contributed by atoms with Crippen LogP contribution < -0.4 is 4.90 Å². The molecule has 1 N–H and O–H groups in total. The van der Waals surface area contributed by atoms with E-state index in [0.717, 1.165) is 49.5 Å². The lowest BCUT2D eigenvalue weighted by Crippen LogP contribution is -2.46. The molecular weight excluding hydrogens is 242 g/mol. The molecule has 0 aromatic carbocycles. The fraction of sp³-hybridized carbons (Fsp3) is 0.571. The SMILES string of the molecule is CC[C@@H](O)c1cnc(N2CCN(C=O)CC2)cc1C. The van der Waals surface area contributed by atoms with E-state index in [4.69, 9.17) is 0 Å². The molecule has 1 aromatic heterocycles. The van der Waals surface area contributed by atoms with Crippen molar-refractivity contribution in [3.63, 3.8) is 0 Å². The van der Waals surface area contributed by atoms with Crippen molar-refractivity contribution in [3.05, 3.63) is 23.4 Å². The van der Waals surface area contributed by atoms with Crippen LogP contribution in [-0.2, 0) is 4.79 Å². The maximum absolute atomic E-state index is 10.7. The zero-order valence-corrected chi connectivity index (χ0v) is 11.5. The van der Waals surface area contributed by atoms with Crippen LogP contribution in [0.1, 0.15) is 30.6 Å². The fourth-order valence-electron chi connectivity index (χ4n) is 2.35. The number of aliphatic hydroxyl groups excluding tert-OH is 1. The van der Waals surface area contributed by atoms with Gasteiger partial charge in [-0.2, -0.15) is 0 Å². The molecule has 2 rings (SSSR count). The van der Waals surface area contributed by atoms with E-state index in [1.54, 1.807) is 11.1 Å². The minimum atomic E-state index is -0.437. The second-order valence-electron chi connectivity index (χ2n) is 4.95. The van der Waals surface area contributed by atoms with Gasteiger partial charge in [0.25, 0.3) is 0 Å². The van der Waals surface area contributed by atoms with Crippen molar-refractivity contribution in [2.45, 2.75) is 26.4 Å². The maximum Gasteiger partial charge on any atom is 0.209 e. The molecule has 0 aliphatic carbocycles. The summed E-state index contributed by atoms with van der Waals surface area (Å²) in [5, 5.41) is 9.88. The molecule has 1 aromatic rings. The zero-order chi connectivity index (χ0) is 13.8. The Kier molecular flexibility index (Phi) is 4.37. The number of carbonyl (C=O) groups excluding carboxylic acids is 1. The van der Waals surface area contributed by atoms with E-state index in [9.17, 15) is 9.90 Å². The number of nitrogens with zero attached hydrogens (tertiary/aromatic N) is 3. The molecule has 0 bridgehead atoms. The average molecular weight is 263 g/mol. The van der Waals surface area contributed by atoms with Gasteiger partial charge in [0.2, 0.25) is 6.41 Å². The first-order valence-corrected chi connectivity index (χ1v) is 6.74. The van der Waals surface area contributed by atoms with Crippen molar-refractivity contribution in [1.82, 2.24) is 9.88 Å². The Morgan fingerprint density at radius 2 is 2.11 bits per heavy atom. The molecule has 1 atom stereocenters. The molecule has 1 saturated heterocycles. The highest BCUT2D eigenvalue weighted by Gasteiger charge is 2.18. The summed E-state index contributed by atoms with van der Waals surface area (Å²) in [5.41, 5.74) is 1.97. The summed E-state index contributed by atoms with van der Waals surface area (Å²) < 4.78 is 0. The number of rotatable bonds is 4. The van der Waals surface area contributed by atoms with E-state index in [2.05, 4.69) is 9.88 Å². The first-order valence-electron chi connectivity index (χ1n) is 6.74. The quantitative estimate of drug-likeness (QED) is 0.827. The summed E-state index contributed by atoms with van der Waals surface area (Å²) in [6.07, 6.45) is 2.93. The standard InChI is InChI=1S/C14H21N3O2/c1-3-13(19)12-9-15-14(8-11(12)2)17-6-4-16(10-18)5-7-17/h8-10,13,19H,3-7H2,1-2H3/t13-/m1/s1. The van der Waals surface area contributed by atoms with Gasteiger partial charge in [-0.1, -0.05) is 6.92 Å². The number of hydrogen-bond donors (Lipinski definition) is 1. The van der Waals surface area contributed by atoms with Crippen molar-refractivity contribution < 1.29 is 9.90 Å². The highest BCUT2D eigenvalue weighted by Crippen LogP contribution is 2.23. The van der Waals surface area contributed by atoms with Crippen LogP contribution in [0.15, 0.2) is 12.3 Å². The molecule has 5 nitrogen and oxygen atoms in total. The lowest BCUT2D eigenvalue weighted by Gasteiger charge is -2.33. The van der Waals surface area contributed by atoms with Gasteiger partial charge >= 0.3 is 0 Å². The first kappa shape index (κ1) is 13.8. The second kappa shape index (κ2) is 6.02. The van der Waals surface area contributed by atoms with Crippen LogP contribution in [0.25, 0.3) is 0 Å². The molecule has 1 amide bonds. The second-order valence-corrected chi connectivity index (χ2v) is 4.95. The largest absolute Gasteiger partial charge is 0.388 e. The van der Waals surface area contributed by atoms with Gasteiger partial charge in [-0.15, -0.1) is 0 Å². The Hall–Kier alpha value is -1.62. The fourth-order valence-corrected chi connectivity index (χ4v) is 2.35. The number of aryl methyl sites for hydroxylation is 1. The molecular formula is C14H21N3O2. The number of aliphatic hydroxyl groups is 1. The number of piperazine rings is 1. The monoisotopic (exact) mass is 263 g/mol. The number of hydrogen-bond acceptors (Lipinski definition) is 4. The van der Waals surface area contributed by atoms with Gasteiger partial charge < -0.3 is 14.9 Å². The summed E-state index contributed by atoms with van der Waals surface area (Å²) in [6, 6.07) is 2.02. The minimum absolute atomic E-state index is 0.437. The van der Waals surface area contributed by atoms with Crippen molar-refractivity contribution in [2.75, 3.05) is 31.1 Å². The Morgan fingerprint density at radius 3 is 2.63 bits per heavy atom. The van der Waals surface area contributed by atoms with E-state index in [1.165, 1.54) is 0 Å². The molecule has 5 heteroatoms. The van der Waals surface area contributed by atoms with Gasteiger partial charge in [0.15, 0.2) is 0 Å². The predicted octanol–water partition coefficient (Wildman–Crippen LogP) is 1.11. The molecule has 19 heavy (non-hydrogen) atoms. The maximum atomic E-state index is 10.7. The first-order chi connectivity index (χ1) is 9.15. The lowest BCUT2D eigenvalue weighted by molar-refractivity contribution is -0.118. The van der Waals surface area contributed by atoms with Gasteiger partial charge in [-0.3, -0.25) is 4.79 Å². The smallest absolute Gasteiger partial charge is 0.209 e. The molecule has 2 heterocycles. The van der Waals surface area contributed by atoms with E-state index in [1.807, 2.05) is 19.9 Å². The molecule has 0 unspecified atom stereocenters. The van der Waals surface area contributed by atoms with Crippen LogP contribution in [-0.4, -0.2) is 47.6 Å². The Labute approximate surface area is 113 Å². The topological polar surface area (TPSA) is 56.7 Å². The van der Waals surface area contributed by atoms with Gasteiger partial charge in [0.1, 0.15) is 5.82 Å². The van der Waals surface area contributed by atoms with Crippen LogP contribution in [0, 0.1) is 6.92 Å². The summed E-state index contributed by atoms with van der Waals surface area (Å²) >= 11 is 0. The van der Waals surface area contributed by atoms with E-state index < -0.39 is 6.10 Å². The van der Waals surface area contributed by atoms with Crippen LogP contribution in [0.4, 0.5) is 5.82 Å². The Bertz CT molecular complexity index is 442. The van der Waals surface area contributed by atoms with Crippen LogP contribution in [0.3, 0.4) is 0 Å². The number of pyridine rings is 1. The zero-order valence-electron chi connectivity index (χ0n) is 11.5. The van der Waals surface area contributed by atoms with Crippen LogP contribution >= 0.6 is 0 Å². The summed E-state index contributed by atoms with van der Waals surface area (Å²) in [7, 11) is 0. The number of aromatic nitrogens is 1. The highest BCUT2D eigenvalue weighted by molar-refractivity contribution is 5.49. The summed E-state index contributed by atoms with van der Waals surface area (Å²) in [6.45, 7) is 7.05. The molecule has 0 radical (unpaired) electrons. The van der Waals surface area contributed by atoms with Crippen molar-refractivity contribution >= 4 is 12.2 Å². The summed E-state index contributed by atoms with van der Waals surface area (Å²) in [5.74, 6) is 0.926. The summed E-state index contributed by atoms with van der Waals surface area (Å²) in [4.78, 5) is 19.1. The Balaban J connectivity index is 2.10. The van der Waals surface area contributed by atoms with Crippen LogP contribution in [0.5, 0.6) is 0 Å². The third-order valence-corrected chi connectivity index (χ3v) is 3.67. The molecule has 104 valence electrons. The van der Waals surface area contributed by atoms with E-state index >= 15 is 0 Å². The number of anilines is 1. The van der Waals surface area contributed by atoms with Gasteiger partial charge in [-0.05, 0) is 25.0 Å². The third-order valence-electron chi connectivity index (χ3n) is 3.67. The molecule has 0 saturated carbocycles. The van der Waals surface area contributed by atoms with Crippen LogP contribution in [0.2, 0.25) is 0 Å². The average Bonchev–Trinajstić information content (AvgIpc) is 2.46. The van der Waals surface area contributed by atoms with E-state index in [-0.39, 0.29) is 0 Å². The lowest BCUT2D eigenvalue weighted by atomic mass is 10.0. The highest BCUT2D eigenvalue weighted by atomic mass is 16.3. The minimum Gasteiger partial charge on any atom is -0.388 e. The van der Waals surface area contributed by atoms with Crippen molar-refractivity contribution in [2.24, 2.45) is 0 Å². The third kappa shape index (κ3) is 3.04. The molecule has 1 aliphatic rings. The predicted molar refractivity (Wildman–Crippen MR) is 74.1 cm³/mol. The number of amides is 1. The number of carbonyl (C=O) groups is 1. The van der Waals surface area contributed by atoms with E-state index in [0.29, 0.717) is 6.42 Å². The molecule has 0 spiro atoms. The van der Waals surface area contributed by atoms with Gasteiger partial charge in [0, 0.05) is 37.9 Å². The normalized spacial score (nSPS) is 17.4. The van der Waals surface area contributed by atoms with Gasteiger partial charge in [0.05, 0.1) is 6.10 Å².